The zero-order valence-corrected chi connectivity index (χ0v) is 16.4. The van der Waals surface area contributed by atoms with Gasteiger partial charge in [-0.3, -0.25) is 0 Å². The molecule has 0 aromatic heterocycles. The number of benzene rings is 3. The Hall–Kier alpha value is -2.82. The summed E-state index contributed by atoms with van der Waals surface area (Å²) in [4.78, 5) is 3.08. The van der Waals surface area contributed by atoms with Crippen molar-refractivity contribution in [1.82, 2.24) is 0 Å². The van der Waals surface area contributed by atoms with Gasteiger partial charge in [-0.1, -0.05) is 61.9 Å². The Morgan fingerprint density at radius 1 is 0.759 bits per heavy atom. The number of aryl methyl sites for hydroxylation is 1. The van der Waals surface area contributed by atoms with Gasteiger partial charge in [-0.2, -0.15) is 4.99 Å². The molecule has 0 spiro atoms. The van der Waals surface area contributed by atoms with Crippen LogP contribution in [0.5, 0.6) is 0 Å². The van der Waals surface area contributed by atoms with Gasteiger partial charge in [-0.15, -0.1) is 0 Å². The first-order valence-electron chi connectivity index (χ1n) is 9.11. The normalized spacial score (nSPS) is 10.7. The summed E-state index contributed by atoms with van der Waals surface area (Å²) < 4.78 is 56.9. The molecule has 0 amide bonds. The molecule has 0 saturated carbocycles. The van der Waals surface area contributed by atoms with Crippen molar-refractivity contribution in [3.8, 4) is 22.3 Å². The molecule has 6 heteroatoms. The lowest BCUT2D eigenvalue weighted by molar-refractivity contribution is 0.462. The number of hydrogen-bond donors (Lipinski definition) is 0. The van der Waals surface area contributed by atoms with Gasteiger partial charge < -0.3 is 0 Å². The Morgan fingerprint density at radius 3 is 1.72 bits per heavy atom. The number of nitrogens with zero attached hydrogens (tertiary/aromatic N) is 1. The van der Waals surface area contributed by atoms with Crippen molar-refractivity contribution in [1.29, 1.82) is 0 Å². The topological polar surface area (TPSA) is 12.4 Å². The highest BCUT2D eigenvalue weighted by atomic mass is 32.1. The predicted molar refractivity (Wildman–Crippen MR) is 110 cm³/mol. The van der Waals surface area contributed by atoms with Crippen molar-refractivity contribution >= 4 is 23.1 Å². The molecule has 148 valence electrons. The molecule has 0 radical (unpaired) electrons. The van der Waals surface area contributed by atoms with E-state index < -0.39 is 34.5 Å². The lowest BCUT2D eigenvalue weighted by atomic mass is 9.98. The number of halogens is 4. The standard InChI is InChI=1S/C23H17F4NS/c1-2-3-4-14-5-7-15(8-6-14)16-9-11-17(12-10-16)18-19(24)21(26)23(28-13-29)22(27)20(18)25/h5-12H,2-4H2,1H3. The fourth-order valence-corrected chi connectivity index (χ4v) is 3.18. The lowest BCUT2D eigenvalue weighted by Crippen LogP contribution is -2.00. The van der Waals surface area contributed by atoms with Crippen molar-refractivity contribution in [2.24, 2.45) is 4.99 Å². The highest BCUT2D eigenvalue weighted by molar-refractivity contribution is 7.78. The quantitative estimate of drug-likeness (QED) is 0.174. The maximum atomic E-state index is 14.4. The van der Waals surface area contributed by atoms with Crippen LogP contribution in [0, 0.1) is 23.3 Å². The number of isothiocyanates is 1. The fraction of sp³-hybridized carbons (Fsp3) is 0.174. The molecule has 0 saturated heterocycles. The number of thiocarbonyl (C=S) groups is 1. The Balaban J connectivity index is 1.96. The molecule has 0 fully saturated rings. The van der Waals surface area contributed by atoms with Crippen LogP contribution in [0.3, 0.4) is 0 Å². The van der Waals surface area contributed by atoms with Crippen LogP contribution in [0.15, 0.2) is 53.5 Å². The van der Waals surface area contributed by atoms with E-state index >= 15 is 0 Å². The zero-order valence-electron chi connectivity index (χ0n) is 15.6. The van der Waals surface area contributed by atoms with Crippen molar-refractivity contribution in [3.05, 3.63) is 77.4 Å². The molecule has 0 bridgehead atoms. The molecule has 1 nitrogen and oxygen atoms in total. The van der Waals surface area contributed by atoms with Crippen molar-refractivity contribution in [2.45, 2.75) is 26.2 Å². The van der Waals surface area contributed by atoms with E-state index in [-0.39, 0.29) is 5.56 Å². The van der Waals surface area contributed by atoms with E-state index in [1.807, 2.05) is 24.3 Å². The first-order valence-corrected chi connectivity index (χ1v) is 9.52. The summed E-state index contributed by atoms with van der Waals surface area (Å²) in [5.41, 5.74) is 1.09. The number of aliphatic imine (C=N–C) groups is 1. The van der Waals surface area contributed by atoms with E-state index in [2.05, 4.69) is 24.1 Å². The third kappa shape index (κ3) is 4.29. The third-order valence-electron chi connectivity index (χ3n) is 4.68. The van der Waals surface area contributed by atoms with Crippen molar-refractivity contribution < 1.29 is 17.6 Å². The maximum Gasteiger partial charge on any atom is 0.189 e. The van der Waals surface area contributed by atoms with Gasteiger partial charge in [0.1, 0.15) is 0 Å². The smallest absolute Gasteiger partial charge is 0.189 e. The molecule has 3 aromatic rings. The summed E-state index contributed by atoms with van der Waals surface area (Å²) >= 11 is 4.26. The second-order valence-corrected chi connectivity index (χ2v) is 6.74. The average Bonchev–Trinajstić information content (AvgIpc) is 2.75. The van der Waals surface area contributed by atoms with E-state index in [0.717, 1.165) is 30.4 Å². The molecule has 0 atom stereocenters. The van der Waals surface area contributed by atoms with Gasteiger partial charge >= 0.3 is 0 Å². The van der Waals surface area contributed by atoms with E-state index in [1.165, 1.54) is 17.7 Å². The number of rotatable bonds is 6. The SMILES string of the molecule is CCCCc1ccc(-c2ccc(-c3c(F)c(F)c(N=C=S)c(F)c3F)cc2)cc1. The van der Waals surface area contributed by atoms with Crippen LogP contribution < -0.4 is 0 Å². The molecular formula is C23H17F4NS. The van der Waals surface area contributed by atoms with Crippen molar-refractivity contribution in [3.63, 3.8) is 0 Å². The Bertz CT molecular complexity index is 1040. The third-order valence-corrected chi connectivity index (χ3v) is 4.77. The summed E-state index contributed by atoms with van der Waals surface area (Å²) in [6.07, 6.45) is 3.25. The molecule has 3 rings (SSSR count). The highest BCUT2D eigenvalue weighted by Gasteiger charge is 2.26. The van der Waals surface area contributed by atoms with Crippen molar-refractivity contribution in [2.75, 3.05) is 0 Å². The van der Waals surface area contributed by atoms with E-state index in [0.29, 0.717) is 0 Å². The van der Waals surface area contributed by atoms with E-state index in [9.17, 15) is 17.6 Å². The van der Waals surface area contributed by atoms with Gasteiger partial charge in [0.2, 0.25) is 0 Å². The molecule has 3 aromatic carbocycles. The molecule has 0 unspecified atom stereocenters. The molecular weight excluding hydrogens is 398 g/mol. The van der Waals surface area contributed by atoms with Gasteiger partial charge in [0.15, 0.2) is 29.0 Å². The van der Waals surface area contributed by atoms with Crippen LogP contribution in [0.1, 0.15) is 25.3 Å². The summed E-state index contributed by atoms with van der Waals surface area (Å²) in [7, 11) is 0. The Labute approximate surface area is 171 Å². The van der Waals surface area contributed by atoms with Gasteiger partial charge in [-0.25, -0.2) is 17.6 Å². The first kappa shape index (κ1) is 20.9. The zero-order chi connectivity index (χ0) is 21.0. The predicted octanol–water partition coefficient (Wildman–Crippen LogP) is 7.65. The molecule has 0 N–H and O–H groups in total. The lowest BCUT2D eigenvalue weighted by Gasteiger charge is -2.10. The fourth-order valence-electron chi connectivity index (χ4n) is 3.09. The highest BCUT2D eigenvalue weighted by Crippen LogP contribution is 2.36. The van der Waals surface area contributed by atoms with Gasteiger partial charge in [0.25, 0.3) is 0 Å². The minimum absolute atomic E-state index is 0.0130. The second-order valence-electron chi connectivity index (χ2n) is 6.56. The van der Waals surface area contributed by atoms with Crippen LogP contribution in [-0.2, 0) is 6.42 Å². The van der Waals surface area contributed by atoms with E-state index in [4.69, 9.17) is 0 Å². The maximum absolute atomic E-state index is 14.4. The van der Waals surface area contributed by atoms with Crippen LogP contribution in [0.25, 0.3) is 22.3 Å². The van der Waals surface area contributed by atoms with Gasteiger partial charge in [0.05, 0.1) is 10.7 Å². The largest absolute Gasteiger partial charge is 0.203 e. The molecule has 0 aliphatic rings. The number of unbranched alkanes of at least 4 members (excludes halogenated alkanes) is 1. The van der Waals surface area contributed by atoms with E-state index in [1.54, 1.807) is 17.3 Å². The molecule has 29 heavy (non-hydrogen) atoms. The summed E-state index contributed by atoms with van der Waals surface area (Å²) in [5.74, 6) is -6.27. The Kier molecular flexibility index (Phi) is 6.57. The minimum atomic E-state index is -1.61. The average molecular weight is 415 g/mol. The summed E-state index contributed by atoms with van der Waals surface area (Å²) in [5, 5.41) is 1.72. The van der Waals surface area contributed by atoms with Crippen LogP contribution in [0.2, 0.25) is 0 Å². The van der Waals surface area contributed by atoms with Gasteiger partial charge in [-0.05, 0) is 47.3 Å². The number of hydrogen-bond acceptors (Lipinski definition) is 2. The first-order chi connectivity index (χ1) is 14.0. The second kappa shape index (κ2) is 9.12. The minimum Gasteiger partial charge on any atom is -0.203 e. The molecule has 0 heterocycles. The van der Waals surface area contributed by atoms with Crippen LogP contribution >= 0.6 is 12.2 Å². The monoisotopic (exact) mass is 415 g/mol. The Morgan fingerprint density at radius 2 is 1.24 bits per heavy atom. The summed E-state index contributed by atoms with van der Waals surface area (Å²) in [6.45, 7) is 2.14. The molecule has 0 aliphatic carbocycles. The van der Waals surface area contributed by atoms with Crippen LogP contribution in [0.4, 0.5) is 23.2 Å². The van der Waals surface area contributed by atoms with Gasteiger partial charge in [0, 0.05) is 0 Å². The summed E-state index contributed by atoms with van der Waals surface area (Å²) in [6, 6.07) is 14.2. The molecule has 0 aliphatic heterocycles. The van der Waals surface area contributed by atoms with Crippen LogP contribution in [-0.4, -0.2) is 5.16 Å².